The van der Waals surface area contributed by atoms with Crippen LogP contribution >= 0.6 is 38.7 Å². The second-order valence-electron chi connectivity index (χ2n) is 7.45. The van der Waals surface area contributed by atoms with Crippen molar-refractivity contribution in [2.75, 3.05) is 28.2 Å². The number of nitrogens with zero attached hydrogens (tertiary/aromatic N) is 2. The maximum absolute atomic E-state index is 2.39. The van der Waals surface area contributed by atoms with Gasteiger partial charge in [0.05, 0.1) is 0 Å². The molecular formula is C24H29I2N2PtSb. The van der Waals surface area contributed by atoms with Crippen LogP contribution in [0.5, 0.6) is 0 Å². The molecule has 0 aromatic heterocycles. The predicted octanol–water partition coefficient (Wildman–Crippen LogP) is 4.09. The van der Waals surface area contributed by atoms with Crippen LogP contribution in [0.3, 0.4) is 0 Å². The number of hydrogen-bond acceptors (Lipinski definition) is 2. The third-order valence-electron chi connectivity index (χ3n) is 4.43. The van der Waals surface area contributed by atoms with Crippen molar-refractivity contribution in [2.24, 2.45) is 0 Å². The SMILES string of the molecule is CN(C)Cc1cccc(CN(C)C)[c]1[Sb]([c]1ccccc1)[c]1ccccc1.[I][Pt][I]. The average molecular weight is 916 g/mol. The Bertz CT molecular complexity index is 809. The molecule has 0 spiro atoms. The van der Waals surface area contributed by atoms with Gasteiger partial charge in [0.2, 0.25) is 0 Å². The molecule has 0 aliphatic carbocycles. The summed E-state index contributed by atoms with van der Waals surface area (Å²) in [6.45, 7) is 1.97. The van der Waals surface area contributed by atoms with Crippen LogP contribution in [0.15, 0.2) is 78.9 Å². The standard InChI is InChI=1S/C12H19N2.2C6H5.2HI.Pt.Sb/c1-13(2)9-11-6-5-7-12(8-11)10-14(3)4;2*1-2-4-6-5-3-1;;;;/h5-7H,9-10H2,1-4H3;2*1-5H;2*1H;;/q;;;;;+2;/p-2. The molecule has 2 nitrogen and oxygen atoms in total. The number of benzene rings is 3. The first-order valence-corrected chi connectivity index (χ1v) is 26.3. The van der Waals surface area contributed by atoms with Crippen LogP contribution in [0, 0.1) is 0 Å². The molecule has 6 heteroatoms. The average Bonchev–Trinajstić information content (AvgIpc) is 2.71. The van der Waals surface area contributed by atoms with Crippen molar-refractivity contribution < 1.29 is 11.2 Å². The molecule has 0 amide bonds. The molecular weight excluding hydrogens is 887 g/mol. The molecule has 0 fully saturated rings. The van der Waals surface area contributed by atoms with Gasteiger partial charge in [-0.2, -0.15) is 0 Å². The Morgan fingerprint density at radius 1 is 0.633 bits per heavy atom. The van der Waals surface area contributed by atoms with E-state index in [0.29, 0.717) is 11.2 Å². The van der Waals surface area contributed by atoms with Crippen molar-refractivity contribution in [3.8, 4) is 0 Å². The van der Waals surface area contributed by atoms with E-state index in [9.17, 15) is 0 Å². The summed E-state index contributed by atoms with van der Waals surface area (Å²) in [6, 6.07) is 29.2. The molecule has 3 aromatic rings. The van der Waals surface area contributed by atoms with Crippen LogP contribution in [-0.4, -0.2) is 58.2 Å². The molecule has 0 atom stereocenters. The zero-order valence-corrected chi connectivity index (χ0v) is 27.0. The minimum atomic E-state index is -2.13. The summed E-state index contributed by atoms with van der Waals surface area (Å²) >= 11 is 3.16. The van der Waals surface area contributed by atoms with Crippen molar-refractivity contribution in [3.63, 3.8) is 0 Å². The molecule has 0 bridgehead atoms. The van der Waals surface area contributed by atoms with Gasteiger partial charge < -0.3 is 0 Å². The summed E-state index contributed by atoms with van der Waals surface area (Å²) in [4.78, 5) is 4.57. The van der Waals surface area contributed by atoms with Gasteiger partial charge in [-0.3, -0.25) is 0 Å². The van der Waals surface area contributed by atoms with Crippen LogP contribution in [-0.2, 0) is 24.3 Å². The Balaban J connectivity index is 0.00000101. The van der Waals surface area contributed by atoms with Crippen molar-refractivity contribution in [3.05, 3.63) is 90.0 Å². The summed E-state index contributed by atoms with van der Waals surface area (Å²) < 4.78 is 4.68. The molecule has 30 heavy (non-hydrogen) atoms. The second-order valence-corrected chi connectivity index (χ2v) is 30.2. The van der Waals surface area contributed by atoms with Crippen molar-refractivity contribution in [2.45, 2.75) is 13.1 Å². The zero-order chi connectivity index (χ0) is 21.9. The summed E-state index contributed by atoms with van der Waals surface area (Å²) in [7, 11) is 8.65. The molecule has 0 unspecified atom stereocenters. The van der Waals surface area contributed by atoms with E-state index in [1.54, 1.807) is 3.51 Å². The Kier molecular flexibility index (Phi) is 13.1. The normalized spacial score (nSPS) is 11.1. The molecule has 0 radical (unpaired) electrons. The van der Waals surface area contributed by atoms with Gasteiger partial charge in [0.25, 0.3) is 0 Å². The molecule has 0 saturated carbocycles. The van der Waals surface area contributed by atoms with Gasteiger partial charge in [0, 0.05) is 0 Å². The molecule has 0 aliphatic rings. The first-order valence-electron chi connectivity index (χ1n) is 9.60. The third kappa shape index (κ3) is 8.48. The number of hydrogen-bond donors (Lipinski definition) is 0. The van der Waals surface area contributed by atoms with Gasteiger partial charge in [0.1, 0.15) is 0 Å². The Morgan fingerprint density at radius 3 is 1.33 bits per heavy atom. The minimum absolute atomic E-state index is 0.523. The van der Waals surface area contributed by atoms with E-state index in [-0.39, 0.29) is 0 Å². The van der Waals surface area contributed by atoms with Gasteiger partial charge in [0.15, 0.2) is 0 Å². The number of halogens is 2. The van der Waals surface area contributed by atoms with Crippen molar-refractivity contribution in [1.29, 1.82) is 0 Å². The van der Waals surface area contributed by atoms with Crippen LogP contribution in [0.25, 0.3) is 0 Å². The fraction of sp³-hybridized carbons (Fsp3) is 0.250. The first kappa shape index (κ1) is 26.8. The first-order chi connectivity index (χ1) is 14.5. The number of rotatable bonds is 7. The van der Waals surface area contributed by atoms with E-state index in [4.69, 9.17) is 0 Å². The summed E-state index contributed by atoms with van der Waals surface area (Å²) in [5.41, 5.74) is 2.96. The van der Waals surface area contributed by atoms with Gasteiger partial charge in [-0.1, -0.05) is 0 Å². The Hall–Kier alpha value is 0.546. The summed E-state index contributed by atoms with van der Waals surface area (Å²) in [5.74, 6) is 0. The van der Waals surface area contributed by atoms with Gasteiger partial charge in [-0.05, 0) is 0 Å². The van der Waals surface area contributed by atoms with E-state index >= 15 is 0 Å². The Morgan fingerprint density at radius 2 is 1.00 bits per heavy atom. The quantitative estimate of drug-likeness (QED) is 0.261. The van der Waals surface area contributed by atoms with Gasteiger partial charge >= 0.3 is 222 Å². The van der Waals surface area contributed by atoms with Crippen molar-refractivity contribution >= 4 is 69.4 Å². The molecule has 0 aliphatic heterocycles. The van der Waals surface area contributed by atoms with Crippen LogP contribution in [0.2, 0.25) is 0 Å². The topological polar surface area (TPSA) is 6.48 Å². The second kappa shape index (κ2) is 14.6. The monoisotopic (exact) mass is 915 g/mol. The third-order valence-corrected chi connectivity index (χ3v) is 12.0. The van der Waals surface area contributed by atoms with Crippen molar-refractivity contribution in [1.82, 2.24) is 9.80 Å². The van der Waals surface area contributed by atoms with E-state index in [2.05, 4.69) is 156 Å². The van der Waals surface area contributed by atoms with E-state index < -0.39 is 20.2 Å². The van der Waals surface area contributed by atoms with E-state index in [0.717, 1.165) is 13.1 Å². The Labute approximate surface area is 219 Å². The summed E-state index contributed by atoms with van der Waals surface area (Å²) in [5, 5.41) is 0. The molecule has 164 valence electrons. The van der Waals surface area contributed by atoms with Crippen LogP contribution in [0.4, 0.5) is 0 Å². The zero-order valence-electron chi connectivity index (χ0n) is 17.8. The fourth-order valence-corrected chi connectivity index (χ4v) is 10.9. The fourth-order valence-electron chi connectivity index (χ4n) is 3.43. The molecule has 3 aromatic carbocycles. The van der Waals surface area contributed by atoms with Gasteiger partial charge in [-0.15, -0.1) is 0 Å². The molecule has 0 N–H and O–H groups in total. The molecule has 3 rings (SSSR count). The van der Waals surface area contributed by atoms with Crippen LogP contribution < -0.4 is 10.5 Å². The molecule has 0 heterocycles. The van der Waals surface area contributed by atoms with Gasteiger partial charge in [-0.25, -0.2) is 0 Å². The van der Waals surface area contributed by atoms with E-state index in [1.165, 1.54) is 18.1 Å². The van der Waals surface area contributed by atoms with E-state index in [1.807, 2.05) is 0 Å². The van der Waals surface area contributed by atoms with Crippen LogP contribution in [0.1, 0.15) is 11.1 Å². The predicted molar refractivity (Wildman–Crippen MR) is 147 cm³/mol. The molecule has 0 saturated heterocycles. The maximum atomic E-state index is 2.39. The summed E-state index contributed by atoms with van der Waals surface area (Å²) in [6.07, 6.45) is 0.